The van der Waals surface area contributed by atoms with Crippen molar-refractivity contribution >= 4 is 6.08 Å². The highest BCUT2D eigenvalue weighted by molar-refractivity contribution is 5.48. The molecule has 1 heterocycles. The summed E-state index contributed by atoms with van der Waals surface area (Å²) in [6, 6.07) is 18.0. The minimum Gasteiger partial charge on any atom is -0.489 e. The Morgan fingerprint density at radius 2 is 1.81 bits per heavy atom. The Balaban J connectivity index is 1.63. The van der Waals surface area contributed by atoms with Gasteiger partial charge in [0.25, 0.3) is 0 Å². The molecule has 0 N–H and O–H groups in total. The fourth-order valence-electron chi connectivity index (χ4n) is 2.03. The van der Waals surface area contributed by atoms with Crippen LogP contribution in [0.1, 0.15) is 11.1 Å². The lowest BCUT2D eigenvalue weighted by molar-refractivity contribution is 0.306. The first kappa shape index (κ1) is 13.2. The second-order valence-electron chi connectivity index (χ2n) is 4.68. The molecule has 0 atom stereocenters. The molecule has 0 saturated carbocycles. The second kappa shape index (κ2) is 6.09. The number of rotatable bonds is 5. The van der Waals surface area contributed by atoms with Gasteiger partial charge in [0.15, 0.2) is 0 Å². The molecule has 3 heteroatoms. The first-order chi connectivity index (χ1) is 10.3. The summed E-state index contributed by atoms with van der Waals surface area (Å²) in [6.45, 7) is 4.28. The van der Waals surface area contributed by atoms with E-state index < -0.39 is 0 Å². The van der Waals surface area contributed by atoms with Crippen molar-refractivity contribution in [3.63, 3.8) is 0 Å². The maximum Gasteiger partial charge on any atom is 0.119 e. The summed E-state index contributed by atoms with van der Waals surface area (Å²) in [6.07, 6.45) is 5.51. The summed E-state index contributed by atoms with van der Waals surface area (Å²) in [7, 11) is 0. The molecule has 0 unspecified atom stereocenters. The Bertz CT molecular complexity index is 698. The molecular weight excluding hydrogens is 260 g/mol. The van der Waals surface area contributed by atoms with Crippen LogP contribution in [0.2, 0.25) is 0 Å². The molecule has 0 fully saturated rings. The molecule has 0 radical (unpaired) electrons. The molecule has 3 aromatic rings. The van der Waals surface area contributed by atoms with Gasteiger partial charge >= 0.3 is 0 Å². The van der Waals surface area contributed by atoms with Crippen molar-refractivity contribution in [3.8, 4) is 11.4 Å². The van der Waals surface area contributed by atoms with Crippen LogP contribution in [0.5, 0.6) is 5.75 Å². The topological polar surface area (TPSA) is 27.1 Å². The molecule has 0 aliphatic carbocycles. The third-order valence-corrected chi connectivity index (χ3v) is 3.23. The lowest BCUT2D eigenvalue weighted by Gasteiger charge is -2.07. The minimum absolute atomic E-state index is 0.548. The zero-order valence-corrected chi connectivity index (χ0v) is 11.6. The van der Waals surface area contributed by atoms with Crippen LogP contribution in [0.4, 0.5) is 0 Å². The summed E-state index contributed by atoms with van der Waals surface area (Å²) >= 11 is 0. The van der Waals surface area contributed by atoms with Crippen LogP contribution in [0.3, 0.4) is 0 Å². The average Bonchev–Trinajstić information content (AvgIpc) is 3.08. The molecule has 104 valence electrons. The standard InChI is InChI=1S/C18H16N2O/c1-2-15-6-10-18(11-7-15)21-14-16-4-8-17(9-5-16)20-13-3-12-19-20/h2-13H,1,14H2. The molecule has 0 amide bonds. The lowest BCUT2D eigenvalue weighted by Crippen LogP contribution is -1.97. The smallest absolute Gasteiger partial charge is 0.119 e. The highest BCUT2D eigenvalue weighted by atomic mass is 16.5. The number of ether oxygens (including phenoxy) is 1. The molecule has 0 saturated heterocycles. The highest BCUT2D eigenvalue weighted by Crippen LogP contribution is 2.15. The zero-order chi connectivity index (χ0) is 14.5. The molecule has 21 heavy (non-hydrogen) atoms. The normalized spacial score (nSPS) is 10.3. The van der Waals surface area contributed by atoms with E-state index in [0.717, 1.165) is 22.6 Å². The maximum atomic E-state index is 5.77. The average molecular weight is 276 g/mol. The van der Waals surface area contributed by atoms with Crippen LogP contribution in [0.25, 0.3) is 11.8 Å². The van der Waals surface area contributed by atoms with Crippen molar-refractivity contribution < 1.29 is 4.74 Å². The van der Waals surface area contributed by atoms with Gasteiger partial charge in [-0.3, -0.25) is 0 Å². The maximum absolute atomic E-state index is 5.77. The van der Waals surface area contributed by atoms with Gasteiger partial charge in [-0.2, -0.15) is 5.10 Å². The van der Waals surface area contributed by atoms with Crippen molar-refractivity contribution in [3.05, 3.63) is 84.7 Å². The van der Waals surface area contributed by atoms with Crippen LogP contribution in [0.15, 0.2) is 73.6 Å². The Morgan fingerprint density at radius 3 is 2.43 bits per heavy atom. The van der Waals surface area contributed by atoms with Crippen molar-refractivity contribution in [1.29, 1.82) is 0 Å². The summed E-state index contributed by atoms with van der Waals surface area (Å²) < 4.78 is 7.60. The SMILES string of the molecule is C=Cc1ccc(OCc2ccc(-n3cccn3)cc2)cc1. The van der Waals surface area contributed by atoms with Crippen LogP contribution < -0.4 is 4.74 Å². The van der Waals surface area contributed by atoms with Gasteiger partial charge < -0.3 is 4.74 Å². The van der Waals surface area contributed by atoms with Gasteiger partial charge in [-0.1, -0.05) is 36.9 Å². The van der Waals surface area contributed by atoms with E-state index >= 15 is 0 Å². The first-order valence-corrected chi connectivity index (χ1v) is 6.79. The third kappa shape index (κ3) is 3.20. The fourth-order valence-corrected chi connectivity index (χ4v) is 2.03. The Morgan fingerprint density at radius 1 is 1.05 bits per heavy atom. The summed E-state index contributed by atoms with van der Waals surface area (Å²) in [5, 5.41) is 4.20. The number of benzene rings is 2. The van der Waals surface area contributed by atoms with Crippen molar-refractivity contribution in [2.75, 3.05) is 0 Å². The van der Waals surface area contributed by atoms with E-state index in [1.165, 1.54) is 0 Å². The van der Waals surface area contributed by atoms with Crippen LogP contribution in [-0.4, -0.2) is 9.78 Å². The number of hydrogen-bond donors (Lipinski definition) is 0. The molecule has 3 rings (SSSR count). The first-order valence-electron chi connectivity index (χ1n) is 6.79. The van der Waals surface area contributed by atoms with Gasteiger partial charge in [-0.05, 0) is 41.5 Å². The number of aromatic nitrogens is 2. The summed E-state index contributed by atoms with van der Waals surface area (Å²) in [4.78, 5) is 0. The van der Waals surface area contributed by atoms with Gasteiger partial charge in [0.05, 0.1) is 5.69 Å². The summed E-state index contributed by atoms with van der Waals surface area (Å²) in [5.74, 6) is 0.858. The zero-order valence-electron chi connectivity index (χ0n) is 11.6. The van der Waals surface area contributed by atoms with Crippen molar-refractivity contribution in [2.24, 2.45) is 0 Å². The lowest BCUT2D eigenvalue weighted by atomic mass is 10.2. The van der Waals surface area contributed by atoms with Crippen molar-refractivity contribution in [1.82, 2.24) is 9.78 Å². The number of hydrogen-bond acceptors (Lipinski definition) is 2. The largest absolute Gasteiger partial charge is 0.489 e. The molecule has 2 aromatic carbocycles. The highest BCUT2D eigenvalue weighted by Gasteiger charge is 1.99. The van der Waals surface area contributed by atoms with Crippen LogP contribution >= 0.6 is 0 Å². The summed E-state index contributed by atoms with van der Waals surface area (Å²) in [5.41, 5.74) is 3.25. The molecular formula is C18H16N2O. The van der Waals surface area contributed by atoms with E-state index in [4.69, 9.17) is 4.74 Å². The molecule has 0 aliphatic heterocycles. The molecule has 0 aliphatic rings. The van der Waals surface area contributed by atoms with Gasteiger partial charge in [-0.15, -0.1) is 0 Å². The van der Waals surface area contributed by atoms with E-state index in [2.05, 4.69) is 23.8 Å². The fraction of sp³-hybridized carbons (Fsp3) is 0.0556. The quantitative estimate of drug-likeness (QED) is 0.701. The monoisotopic (exact) mass is 276 g/mol. The third-order valence-electron chi connectivity index (χ3n) is 3.23. The van der Waals surface area contributed by atoms with Crippen molar-refractivity contribution in [2.45, 2.75) is 6.61 Å². The number of nitrogens with zero attached hydrogens (tertiary/aromatic N) is 2. The van der Waals surface area contributed by atoms with E-state index in [1.807, 2.05) is 59.4 Å². The van der Waals surface area contributed by atoms with Gasteiger partial charge in [0.1, 0.15) is 12.4 Å². The molecule has 0 spiro atoms. The Kier molecular flexibility index (Phi) is 3.83. The minimum atomic E-state index is 0.548. The van der Waals surface area contributed by atoms with Gasteiger partial charge in [0.2, 0.25) is 0 Å². The van der Waals surface area contributed by atoms with Gasteiger partial charge in [-0.25, -0.2) is 4.68 Å². The predicted octanol–water partition coefficient (Wildman–Crippen LogP) is 4.09. The van der Waals surface area contributed by atoms with E-state index in [1.54, 1.807) is 6.20 Å². The second-order valence-corrected chi connectivity index (χ2v) is 4.68. The Hall–Kier alpha value is -2.81. The molecule has 1 aromatic heterocycles. The molecule has 0 bridgehead atoms. The van der Waals surface area contributed by atoms with Crippen LogP contribution in [0, 0.1) is 0 Å². The predicted molar refractivity (Wildman–Crippen MR) is 84.4 cm³/mol. The van der Waals surface area contributed by atoms with E-state index in [-0.39, 0.29) is 0 Å². The molecule has 3 nitrogen and oxygen atoms in total. The van der Waals surface area contributed by atoms with E-state index in [9.17, 15) is 0 Å². The Labute approximate surface area is 124 Å². The van der Waals surface area contributed by atoms with Gasteiger partial charge in [0, 0.05) is 12.4 Å². The van der Waals surface area contributed by atoms with Crippen LogP contribution in [-0.2, 0) is 6.61 Å². The van der Waals surface area contributed by atoms with E-state index in [0.29, 0.717) is 6.61 Å².